The van der Waals surface area contributed by atoms with E-state index in [9.17, 15) is 9.59 Å². The Bertz CT molecular complexity index is 248. The number of Topliss-reactive ketones (excluding diaryl/α,β-unsaturated/α-hetero) is 1. The van der Waals surface area contributed by atoms with Gasteiger partial charge in [-0.05, 0) is 25.7 Å². The number of unbranched alkanes of at least 4 members (excludes halogenated alkanes) is 4. The van der Waals surface area contributed by atoms with E-state index in [-0.39, 0.29) is 5.97 Å². The van der Waals surface area contributed by atoms with E-state index >= 15 is 0 Å². The maximum absolute atomic E-state index is 11.4. The molecule has 1 aliphatic rings. The molecule has 0 aromatic carbocycles. The molecule has 17 heavy (non-hydrogen) atoms. The van der Waals surface area contributed by atoms with Gasteiger partial charge in [-0.15, -0.1) is 0 Å². The van der Waals surface area contributed by atoms with Crippen molar-refractivity contribution in [3.05, 3.63) is 0 Å². The van der Waals surface area contributed by atoms with E-state index in [1.807, 2.05) is 0 Å². The van der Waals surface area contributed by atoms with Gasteiger partial charge in [-0.3, -0.25) is 9.59 Å². The van der Waals surface area contributed by atoms with Crippen molar-refractivity contribution < 1.29 is 14.3 Å². The third-order valence-electron chi connectivity index (χ3n) is 3.59. The summed E-state index contributed by atoms with van der Waals surface area (Å²) in [5.74, 6) is 0.738. The molecular weight excluding hydrogens is 216 g/mol. The molecule has 0 aliphatic heterocycles. The van der Waals surface area contributed by atoms with Gasteiger partial charge in [-0.25, -0.2) is 0 Å². The van der Waals surface area contributed by atoms with Crippen molar-refractivity contribution in [3.63, 3.8) is 0 Å². The van der Waals surface area contributed by atoms with E-state index in [2.05, 4.69) is 4.74 Å². The quantitative estimate of drug-likeness (QED) is 0.483. The fourth-order valence-corrected chi connectivity index (χ4v) is 2.49. The van der Waals surface area contributed by atoms with Gasteiger partial charge in [0, 0.05) is 18.8 Å². The minimum Gasteiger partial charge on any atom is -0.469 e. The van der Waals surface area contributed by atoms with E-state index in [1.54, 1.807) is 0 Å². The first-order chi connectivity index (χ1) is 8.24. The molecule has 0 bridgehead atoms. The van der Waals surface area contributed by atoms with Gasteiger partial charge < -0.3 is 4.74 Å². The summed E-state index contributed by atoms with van der Waals surface area (Å²) < 4.78 is 4.58. The maximum Gasteiger partial charge on any atom is 0.305 e. The summed E-state index contributed by atoms with van der Waals surface area (Å²) >= 11 is 0. The van der Waals surface area contributed by atoms with Crippen LogP contribution in [0.2, 0.25) is 0 Å². The number of carbonyl (C=O) groups is 2. The van der Waals surface area contributed by atoms with Crippen LogP contribution in [0.1, 0.15) is 64.2 Å². The molecule has 1 unspecified atom stereocenters. The normalized spacial score (nSPS) is 19.6. The molecule has 1 aliphatic carbocycles. The molecule has 98 valence electrons. The lowest BCUT2D eigenvalue weighted by atomic mass is 9.98. The molecule has 0 amide bonds. The highest BCUT2D eigenvalue weighted by molar-refractivity contribution is 5.82. The number of carbonyl (C=O) groups excluding carboxylic acids is 2. The maximum atomic E-state index is 11.4. The van der Waals surface area contributed by atoms with Crippen molar-refractivity contribution in [2.24, 2.45) is 5.92 Å². The van der Waals surface area contributed by atoms with Crippen molar-refractivity contribution in [3.8, 4) is 0 Å². The van der Waals surface area contributed by atoms with Gasteiger partial charge in [0.15, 0.2) is 0 Å². The van der Waals surface area contributed by atoms with E-state index in [4.69, 9.17) is 0 Å². The van der Waals surface area contributed by atoms with Crippen LogP contribution >= 0.6 is 0 Å². The first-order valence-electron chi connectivity index (χ1n) is 6.83. The summed E-state index contributed by atoms with van der Waals surface area (Å²) in [7, 11) is 1.43. The lowest BCUT2D eigenvalue weighted by molar-refractivity contribution is -0.140. The number of ketones is 1. The number of esters is 1. The zero-order chi connectivity index (χ0) is 12.5. The molecule has 0 heterocycles. The van der Waals surface area contributed by atoms with E-state index in [1.165, 1.54) is 13.5 Å². The van der Waals surface area contributed by atoms with Gasteiger partial charge in [-0.2, -0.15) is 0 Å². The molecule has 3 heteroatoms. The van der Waals surface area contributed by atoms with E-state index < -0.39 is 0 Å². The fraction of sp³-hybridized carbons (Fsp3) is 0.857. The van der Waals surface area contributed by atoms with Crippen LogP contribution in [0.15, 0.2) is 0 Å². The standard InChI is InChI=1S/C14H24O3/c1-17-14(16)11-6-4-2-3-5-8-12-9-7-10-13(12)15/h12H,2-11H2,1H3. The molecule has 1 fully saturated rings. The van der Waals surface area contributed by atoms with Crippen LogP contribution in [0.4, 0.5) is 0 Å². The van der Waals surface area contributed by atoms with E-state index in [0.29, 0.717) is 18.1 Å². The molecular formula is C14H24O3. The predicted octanol–water partition coefficient (Wildman–Crippen LogP) is 3.26. The summed E-state index contributed by atoms with van der Waals surface area (Å²) in [5, 5.41) is 0. The van der Waals surface area contributed by atoms with Gasteiger partial charge in [0.2, 0.25) is 0 Å². The molecule has 1 atom stereocenters. The minimum atomic E-state index is -0.110. The summed E-state index contributed by atoms with van der Waals surface area (Å²) in [6, 6.07) is 0. The second-order valence-corrected chi connectivity index (χ2v) is 4.94. The molecule has 0 radical (unpaired) electrons. The Morgan fingerprint density at radius 2 is 1.94 bits per heavy atom. The van der Waals surface area contributed by atoms with Crippen LogP contribution < -0.4 is 0 Å². The van der Waals surface area contributed by atoms with Gasteiger partial charge >= 0.3 is 5.97 Å². The largest absolute Gasteiger partial charge is 0.469 e. The van der Waals surface area contributed by atoms with Crippen LogP contribution in [0, 0.1) is 5.92 Å². The SMILES string of the molecule is COC(=O)CCCCCCCC1CCCC1=O. The van der Waals surface area contributed by atoms with E-state index in [0.717, 1.165) is 51.4 Å². The average molecular weight is 240 g/mol. The number of hydrogen-bond donors (Lipinski definition) is 0. The number of hydrogen-bond acceptors (Lipinski definition) is 3. The Hall–Kier alpha value is -0.860. The topological polar surface area (TPSA) is 43.4 Å². The second-order valence-electron chi connectivity index (χ2n) is 4.94. The predicted molar refractivity (Wildman–Crippen MR) is 66.7 cm³/mol. The van der Waals surface area contributed by atoms with Crippen molar-refractivity contribution in [2.75, 3.05) is 7.11 Å². The lowest BCUT2D eigenvalue weighted by Crippen LogP contribution is -2.05. The summed E-state index contributed by atoms with van der Waals surface area (Å²) in [6.45, 7) is 0. The molecule has 0 spiro atoms. The molecule has 1 rings (SSSR count). The lowest BCUT2D eigenvalue weighted by Gasteiger charge is -2.06. The second kappa shape index (κ2) is 8.26. The molecule has 3 nitrogen and oxygen atoms in total. The first kappa shape index (κ1) is 14.2. The minimum absolute atomic E-state index is 0.110. The Labute approximate surface area is 104 Å². The summed E-state index contributed by atoms with van der Waals surface area (Å²) in [6.07, 6.45) is 10.2. The molecule has 1 saturated carbocycles. The Balaban J connectivity index is 1.87. The number of rotatable bonds is 8. The van der Waals surface area contributed by atoms with Gasteiger partial charge in [-0.1, -0.05) is 25.7 Å². The monoisotopic (exact) mass is 240 g/mol. The zero-order valence-corrected chi connectivity index (χ0v) is 10.9. The van der Waals surface area contributed by atoms with Crippen LogP contribution in [0.3, 0.4) is 0 Å². The third-order valence-corrected chi connectivity index (χ3v) is 3.59. The Kier molecular flexibility index (Phi) is 6.90. The van der Waals surface area contributed by atoms with Crippen molar-refractivity contribution in [1.29, 1.82) is 0 Å². The van der Waals surface area contributed by atoms with Crippen LogP contribution in [-0.4, -0.2) is 18.9 Å². The first-order valence-corrected chi connectivity index (χ1v) is 6.83. The van der Waals surface area contributed by atoms with Gasteiger partial charge in [0.1, 0.15) is 5.78 Å². The average Bonchev–Trinajstić information content (AvgIpc) is 2.73. The van der Waals surface area contributed by atoms with Gasteiger partial charge in [0.05, 0.1) is 7.11 Å². The van der Waals surface area contributed by atoms with Crippen LogP contribution in [0.25, 0.3) is 0 Å². The molecule has 0 N–H and O–H groups in total. The number of ether oxygens (including phenoxy) is 1. The molecule has 0 aromatic heterocycles. The Morgan fingerprint density at radius 3 is 2.59 bits per heavy atom. The number of methoxy groups -OCH3 is 1. The third kappa shape index (κ3) is 5.85. The summed E-state index contributed by atoms with van der Waals surface area (Å²) in [4.78, 5) is 22.2. The fourth-order valence-electron chi connectivity index (χ4n) is 2.49. The zero-order valence-electron chi connectivity index (χ0n) is 10.9. The smallest absolute Gasteiger partial charge is 0.305 e. The van der Waals surface area contributed by atoms with Crippen molar-refractivity contribution in [1.82, 2.24) is 0 Å². The highest BCUT2D eigenvalue weighted by Gasteiger charge is 2.23. The Morgan fingerprint density at radius 1 is 1.24 bits per heavy atom. The molecule has 0 saturated heterocycles. The summed E-state index contributed by atoms with van der Waals surface area (Å²) in [5.41, 5.74) is 0. The van der Waals surface area contributed by atoms with Crippen molar-refractivity contribution in [2.45, 2.75) is 64.2 Å². The van der Waals surface area contributed by atoms with Crippen molar-refractivity contribution >= 4 is 11.8 Å². The van der Waals surface area contributed by atoms with Crippen LogP contribution in [-0.2, 0) is 14.3 Å². The highest BCUT2D eigenvalue weighted by atomic mass is 16.5. The molecule has 0 aromatic rings. The van der Waals surface area contributed by atoms with Gasteiger partial charge in [0.25, 0.3) is 0 Å². The highest BCUT2D eigenvalue weighted by Crippen LogP contribution is 2.26. The van der Waals surface area contributed by atoms with Crippen LogP contribution in [0.5, 0.6) is 0 Å².